The van der Waals surface area contributed by atoms with Gasteiger partial charge in [-0.15, -0.1) is 0 Å². The predicted octanol–water partition coefficient (Wildman–Crippen LogP) is 4.47. The van der Waals surface area contributed by atoms with E-state index in [1.807, 2.05) is 12.1 Å². The van der Waals surface area contributed by atoms with Crippen LogP contribution >= 0.6 is 0 Å². The number of amides is 1. The Hall–Kier alpha value is -2.36. The molecule has 0 bridgehead atoms. The number of nitrogens with one attached hydrogen (secondary N) is 2. The van der Waals surface area contributed by atoms with Crippen molar-refractivity contribution >= 4 is 23.1 Å². The summed E-state index contributed by atoms with van der Waals surface area (Å²) in [5.41, 5.74) is 3.20. The highest BCUT2D eigenvalue weighted by atomic mass is 16.2. The van der Waals surface area contributed by atoms with Gasteiger partial charge < -0.3 is 10.6 Å². The molecule has 0 aliphatic heterocycles. The van der Waals surface area contributed by atoms with Crippen LogP contribution < -0.4 is 10.6 Å². The van der Waals surface area contributed by atoms with E-state index in [1.54, 1.807) is 6.20 Å². The maximum Gasteiger partial charge on any atom is 0.227 e. The second-order valence-corrected chi connectivity index (χ2v) is 7.15. The fourth-order valence-corrected chi connectivity index (χ4v) is 2.33. The van der Waals surface area contributed by atoms with Crippen LogP contribution in [0.5, 0.6) is 0 Å². The van der Waals surface area contributed by atoms with E-state index in [-0.39, 0.29) is 17.2 Å². The van der Waals surface area contributed by atoms with Gasteiger partial charge in [0.05, 0.1) is 11.9 Å². The van der Waals surface area contributed by atoms with Crippen LogP contribution in [-0.2, 0) is 10.2 Å². The van der Waals surface area contributed by atoms with Crippen LogP contribution in [0.3, 0.4) is 0 Å². The minimum atomic E-state index is 0.102. The summed E-state index contributed by atoms with van der Waals surface area (Å²) in [7, 11) is 0. The quantitative estimate of drug-likeness (QED) is 0.876. The Balaban J connectivity index is 1.62. The molecule has 2 N–H and O–H groups in total. The molecular weight excluding hydrogens is 286 g/mol. The smallest absolute Gasteiger partial charge is 0.227 e. The summed E-state index contributed by atoms with van der Waals surface area (Å²) in [6.45, 7) is 6.60. The van der Waals surface area contributed by atoms with E-state index >= 15 is 0 Å². The normalized spacial score (nSPS) is 14.4. The lowest BCUT2D eigenvalue weighted by Gasteiger charge is -2.19. The number of benzene rings is 1. The van der Waals surface area contributed by atoms with Gasteiger partial charge in [-0.1, -0.05) is 32.9 Å². The van der Waals surface area contributed by atoms with Gasteiger partial charge in [0.25, 0.3) is 0 Å². The van der Waals surface area contributed by atoms with Crippen molar-refractivity contribution in [2.75, 3.05) is 10.6 Å². The van der Waals surface area contributed by atoms with Crippen LogP contribution in [0.15, 0.2) is 42.6 Å². The van der Waals surface area contributed by atoms with Gasteiger partial charge in [0.2, 0.25) is 5.91 Å². The Morgan fingerprint density at radius 2 is 1.70 bits per heavy atom. The molecule has 3 rings (SSSR count). The average Bonchev–Trinajstić information content (AvgIpc) is 3.34. The standard InChI is InChI=1S/C19H23N3O/c1-19(2,3)14-6-8-15(9-7-14)21-17-11-10-16(12-20-17)22-18(23)13-4-5-13/h6-13H,4-5H2,1-3H3,(H,20,21)(H,22,23). The molecule has 1 aromatic heterocycles. The van der Waals surface area contributed by atoms with Gasteiger partial charge in [-0.25, -0.2) is 4.98 Å². The lowest BCUT2D eigenvalue weighted by atomic mass is 9.87. The molecule has 1 saturated carbocycles. The number of rotatable bonds is 4. The maximum atomic E-state index is 11.7. The fraction of sp³-hybridized carbons (Fsp3) is 0.368. The molecule has 1 fully saturated rings. The third-order valence-corrected chi connectivity index (χ3v) is 4.00. The summed E-state index contributed by atoms with van der Waals surface area (Å²) in [6.07, 6.45) is 3.69. The van der Waals surface area contributed by atoms with Gasteiger partial charge >= 0.3 is 0 Å². The van der Waals surface area contributed by atoms with Crippen LogP contribution in [0.1, 0.15) is 39.2 Å². The van der Waals surface area contributed by atoms with Crippen molar-refractivity contribution in [3.63, 3.8) is 0 Å². The van der Waals surface area contributed by atoms with E-state index in [1.165, 1.54) is 5.56 Å². The molecule has 0 saturated heterocycles. The summed E-state index contributed by atoms with van der Waals surface area (Å²) >= 11 is 0. The molecule has 1 aliphatic carbocycles. The molecule has 1 amide bonds. The highest BCUT2D eigenvalue weighted by molar-refractivity contribution is 5.93. The first-order valence-corrected chi connectivity index (χ1v) is 8.06. The van der Waals surface area contributed by atoms with Crippen LogP contribution in [0.4, 0.5) is 17.2 Å². The Bertz CT molecular complexity index is 680. The first kappa shape index (κ1) is 15.5. The minimum Gasteiger partial charge on any atom is -0.340 e. The van der Waals surface area contributed by atoms with Crippen molar-refractivity contribution in [2.24, 2.45) is 5.92 Å². The van der Waals surface area contributed by atoms with Crippen LogP contribution in [-0.4, -0.2) is 10.9 Å². The van der Waals surface area contributed by atoms with E-state index in [4.69, 9.17) is 0 Å². The Morgan fingerprint density at radius 3 is 2.22 bits per heavy atom. The summed E-state index contributed by atoms with van der Waals surface area (Å²) in [5.74, 6) is 1.07. The van der Waals surface area contributed by atoms with Crippen LogP contribution in [0, 0.1) is 5.92 Å². The van der Waals surface area contributed by atoms with Gasteiger partial charge in [0.15, 0.2) is 0 Å². The first-order chi connectivity index (χ1) is 10.9. The molecule has 0 unspecified atom stereocenters. The summed E-state index contributed by atoms with van der Waals surface area (Å²) in [4.78, 5) is 16.1. The zero-order valence-corrected chi connectivity index (χ0v) is 13.9. The van der Waals surface area contributed by atoms with Gasteiger partial charge in [-0.05, 0) is 48.1 Å². The molecule has 1 aliphatic rings. The Labute approximate surface area is 137 Å². The molecule has 1 heterocycles. The van der Waals surface area contributed by atoms with Crippen LogP contribution in [0.25, 0.3) is 0 Å². The van der Waals surface area contributed by atoms with E-state index in [0.717, 1.165) is 30.0 Å². The van der Waals surface area contributed by atoms with Crippen molar-refractivity contribution in [1.29, 1.82) is 0 Å². The van der Waals surface area contributed by atoms with Crippen molar-refractivity contribution in [1.82, 2.24) is 4.98 Å². The second-order valence-electron chi connectivity index (χ2n) is 7.15. The van der Waals surface area contributed by atoms with Crippen molar-refractivity contribution in [3.8, 4) is 0 Å². The molecule has 4 nitrogen and oxygen atoms in total. The molecule has 0 radical (unpaired) electrons. The van der Waals surface area contributed by atoms with Gasteiger partial charge in [0, 0.05) is 11.6 Å². The van der Waals surface area contributed by atoms with Crippen molar-refractivity contribution in [3.05, 3.63) is 48.2 Å². The summed E-state index contributed by atoms with van der Waals surface area (Å²) < 4.78 is 0. The highest BCUT2D eigenvalue weighted by Gasteiger charge is 2.29. The Kier molecular flexibility index (Phi) is 4.07. The largest absolute Gasteiger partial charge is 0.340 e. The van der Waals surface area contributed by atoms with Gasteiger partial charge in [-0.2, -0.15) is 0 Å². The number of hydrogen-bond donors (Lipinski definition) is 2. The van der Waals surface area contributed by atoms with Crippen molar-refractivity contribution in [2.45, 2.75) is 39.0 Å². The number of carbonyl (C=O) groups excluding carboxylic acids is 1. The number of aromatic nitrogens is 1. The lowest BCUT2D eigenvalue weighted by molar-refractivity contribution is -0.117. The fourth-order valence-electron chi connectivity index (χ4n) is 2.33. The lowest BCUT2D eigenvalue weighted by Crippen LogP contribution is -2.13. The average molecular weight is 309 g/mol. The zero-order valence-electron chi connectivity index (χ0n) is 13.9. The second kappa shape index (κ2) is 6.03. The number of nitrogens with zero attached hydrogens (tertiary/aromatic N) is 1. The summed E-state index contributed by atoms with van der Waals surface area (Å²) in [5, 5.41) is 6.16. The number of pyridine rings is 1. The third-order valence-electron chi connectivity index (χ3n) is 4.00. The van der Waals surface area contributed by atoms with E-state index in [0.29, 0.717) is 0 Å². The number of carbonyl (C=O) groups is 1. The first-order valence-electron chi connectivity index (χ1n) is 8.06. The van der Waals surface area contributed by atoms with E-state index in [9.17, 15) is 4.79 Å². The van der Waals surface area contributed by atoms with Crippen LogP contribution in [0.2, 0.25) is 0 Å². The van der Waals surface area contributed by atoms with Gasteiger partial charge in [-0.3, -0.25) is 4.79 Å². The third kappa shape index (κ3) is 4.09. The van der Waals surface area contributed by atoms with Crippen molar-refractivity contribution < 1.29 is 4.79 Å². The number of anilines is 3. The Morgan fingerprint density at radius 1 is 1.04 bits per heavy atom. The molecule has 2 aromatic rings. The molecule has 0 atom stereocenters. The molecule has 0 spiro atoms. The highest BCUT2D eigenvalue weighted by Crippen LogP contribution is 2.30. The predicted molar refractivity (Wildman–Crippen MR) is 94.0 cm³/mol. The molecule has 4 heteroatoms. The van der Waals surface area contributed by atoms with Gasteiger partial charge in [0.1, 0.15) is 5.82 Å². The SMILES string of the molecule is CC(C)(C)c1ccc(Nc2ccc(NC(=O)C3CC3)cn2)cc1. The molecule has 120 valence electrons. The molecular formula is C19H23N3O. The minimum absolute atomic E-state index is 0.102. The topological polar surface area (TPSA) is 54.0 Å². The van der Waals surface area contributed by atoms with E-state index in [2.05, 4.69) is 60.7 Å². The molecule has 1 aromatic carbocycles. The van der Waals surface area contributed by atoms with E-state index < -0.39 is 0 Å². The molecule has 23 heavy (non-hydrogen) atoms. The monoisotopic (exact) mass is 309 g/mol. The maximum absolute atomic E-state index is 11.7. The summed E-state index contributed by atoms with van der Waals surface area (Å²) in [6, 6.07) is 12.1. The zero-order chi connectivity index (χ0) is 16.4. The number of hydrogen-bond acceptors (Lipinski definition) is 3.